The minimum absolute atomic E-state index is 0.0406. The van der Waals surface area contributed by atoms with Crippen molar-refractivity contribution < 1.29 is 4.79 Å². The fourth-order valence-electron chi connectivity index (χ4n) is 2.61. The van der Waals surface area contributed by atoms with Crippen LogP contribution in [0.2, 0.25) is 5.02 Å². The molecule has 1 aliphatic rings. The molecular weight excluding hydrogens is 316 g/mol. The maximum atomic E-state index is 12.6. The zero-order chi connectivity index (χ0) is 15.7. The quantitative estimate of drug-likeness (QED) is 0.795. The van der Waals surface area contributed by atoms with Gasteiger partial charge in [-0.25, -0.2) is 4.98 Å². The first kappa shape index (κ1) is 15.5. The molecule has 2 heterocycles. The smallest absolute Gasteiger partial charge is 0.282 e. The average Bonchev–Trinajstić information content (AvgIpc) is 2.96. The van der Waals surface area contributed by atoms with Gasteiger partial charge in [0.05, 0.1) is 4.88 Å². The molecule has 3 rings (SSSR count). The van der Waals surface area contributed by atoms with Crippen LogP contribution < -0.4 is 0 Å². The van der Waals surface area contributed by atoms with E-state index in [0.717, 1.165) is 36.4 Å². The number of benzene rings is 1. The van der Waals surface area contributed by atoms with Gasteiger partial charge in [0.15, 0.2) is 5.01 Å². The Bertz CT molecular complexity index is 685. The predicted octanol–water partition coefficient (Wildman–Crippen LogP) is 4.73. The highest BCUT2D eigenvalue weighted by Crippen LogP contribution is 2.34. The lowest BCUT2D eigenvalue weighted by atomic mass is 9.83. The van der Waals surface area contributed by atoms with Gasteiger partial charge in [0, 0.05) is 29.9 Å². The lowest BCUT2D eigenvalue weighted by Gasteiger charge is -2.36. The predicted molar refractivity (Wildman–Crippen MR) is 91.5 cm³/mol. The Morgan fingerprint density at radius 2 is 1.95 bits per heavy atom. The van der Waals surface area contributed by atoms with E-state index in [1.165, 1.54) is 11.3 Å². The van der Waals surface area contributed by atoms with Crippen LogP contribution in [0.4, 0.5) is 0 Å². The van der Waals surface area contributed by atoms with E-state index in [9.17, 15) is 4.79 Å². The average molecular weight is 335 g/mol. The summed E-state index contributed by atoms with van der Waals surface area (Å²) in [5.74, 6) is 0.0406. The topological polar surface area (TPSA) is 33.2 Å². The number of carbonyl (C=O) groups excluding carboxylic acids is 1. The van der Waals surface area contributed by atoms with Crippen molar-refractivity contribution in [1.29, 1.82) is 0 Å². The minimum Gasteiger partial charge on any atom is -0.337 e. The van der Waals surface area contributed by atoms with E-state index < -0.39 is 0 Å². The van der Waals surface area contributed by atoms with Crippen LogP contribution in [0.15, 0.2) is 30.5 Å². The summed E-state index contributed by atoms with van der Waals surface area (Å²) in [5, 5.41) is 1.24. The molecule has 1 aliphatic heterocycles. The molecule has 0 spiro atoms. The van der Waals surface area contributed by atoms with E-state index >= 15 is 0 Å². The van der Waals surface area contributed by atoms with Gasteiger partial charge >= 0.3 is 0 Å². The van der Waals surface area contributed by atoms with Crippen LogP contribution in [0.25, 0.3) is 10.4 Å². The molecule has 0 N–H and O–H groups in total. The lowest BCUT2D eigenvalue weighted by molar-refractivity contribution is 0.0630. The first-order chi connectivity index (χ1) is 10.5. The van der Waals surface area contributed by atoms with Crippen molar-refractivity contribution in [3.05, 3.63) is 40.5 Å². The van der Waals surface area contributed by atoms with Crippen molar-refractivity contribution in [1.82, 2.24) is 9.88 Å². The summed E-state index contributed by atoms with van der Waals surface area (Å²) in [6, 6.07) is 7.64. The van der Waals surface area contributed by atoms with Crippen LogP contribution in [0.5, 0.6) is 0 Å². The summed E-state index contributed by atoms with van der Waals surface area (Å²) in [6.45, 7) is 6.14. The SMILES string of the molecule is CC1(C)CCN(C(=O)c2ncc(-c3ccccc3Cl)s2)CC1. The molecule has 1 fully saturated rings. The van der Waals surface area contributed by atoms with Crippen molar-refractivity contribution in [2.75, 3.05) is 13.1 Å². The number of hydrogen-bond donors (Lipinski definition) is 0. The Morgan fingerprint density at radius 3 is 2.64 bits per heavy atom. The molecule has 1 aromatic heterocycles. The number of aromatic nitrogens is 1. The number of thiazole rings is 1. The Morgan fingerprint density at radius 1 is 1.27 bits per heavy atom. The number of nitrogens with zero attached hydrogens (tertiary/aromatic N) is 2. The molecule has 1 aromatic carbocycles. The van der Waals surface area contributed by atoms with E-state index in [0.29, 0.717) is 15.4 Å². The maximum Gasteiger partial charge on any atom is 0.282 e. The first-order valence-corrected chi connectivity index (χ1v) is 8.66. The van der Waals surface area contributed by atoms with Crippen LogP contribution in [-0.4, -0.2) is 28.9 Å². The molecular formula is C17H19ClN2OS. The second-order valence-electron chi connectivity index (χ2n) is 6.47. The molecule has 0 saturated carbocycles. The van der Waals surface area contributed by atoms with Crippen LogP contribution >= 0.6 is 22.9 Å². The Labute approximate surface area is 139 Å². The Hall–Kier alpha value is -1.39. The molecule has 3 nitrogen and oxygen atoms in total. The second kappa shape index (κ2) is 6.01. The van der Waals surface area contributed by atoms with Gasteiger partial charge < -0.3 is 4.90 Å². The standard InChI is InChI=1S/C17H19ClN2OS/c1-17(2)7-9-20(10-8-17)16(21)15-19-11-14(22-15)12-5-3-4-6-13(12)18/h3-6,11H,7-10H2,1-2H3. The van der Waals surface area contributed by atoms with Gasteiger partial charge in [-0.15, -0.1) is 11.3 Å². The first-order valence-electron chi connectivity index (χ1n) is 7.46. The van der Waals surface area contributed by atoms with E-state index in [4.69, 9.17) is 11.6 Å². The monoisotopic (exact) mass is 334 g/mol. The number of halogens is 1. The Balaban J connectivity index is 1.77. The molecule has 0 radical (unpaired) electrons. The number of hydrogen-bond acceptors (Lipinski definition) is 3. The highest BCUT2D eigenvalue weighted by molar-refractivity contribution is 7.17. The highest BCUT2D eigenvalue weighted by Gasteiger charge is 2.29. The van der Waals surface area contributed by atoms with E-state index in [1.54, 1.807) is 6.20 Å². The van der Waals surface area contributed by atoms with Gasteiger partial charge in [0.1, 0.15) is 0 Å². The third kappa shape index (κ3) is 3.18. The highest BCUT2D eigenvalue weighted by atomic mass is 35.5. The summed E-state index contributed by atoms with van der Waals surface area (Å²) in [6.07, 6.45) is 3.83. The summed E-state index contributed by atoms with van der Waals surface area (Å²) in [7, 11) is 0. The summed E-state index contributed by atoms with van der Waals surface area (Å²) in [4.78, 5) is 19.7. The van der Waals surface area contributed by atoms with Gasteiger partial charge in [0.2, 0.25) is 0 Å². The number of amides is 1. The third-order valence-electron chi connectivity index (χ3n) is 4.23. The molecule has 1 saturated heterocycles. The molecule has 5 heteroatoms. The number of rotatable bonds is 2. The molecule has 0 unspecified atom stereocenters. The second-order valence-corrected chi connectivity index (χ2v) is 7.90. The largest absolute Gasteiger partial charge is 0.337 e. The number of likely N-dealkylation sites (tertiary alicyclic amines) is 1. The van der Waals surface area contributed by atoms with Gasteiger partial charge in [-0.05, 0) is 24.3 Å². The van der Waals surface area contributed by atoms with Gasteiger partial charge in [-0.3, -0.25) is 4.79 Å². The van der Waals surface area contributed by atoms with Crippen molar-refractivity contribution in [3.8, 4) is 10.4 Å². The van der Waals surface area contributed by atoms with Crippen molar-refractivity contribution in [2.24, 2.45) is 5.41 Å². The van der Waals surface area contributed by atoms with E-state index in [-0.39, 0.29) is 5.91 Å². The maximum absolute atomic E-state index is 12.6. The zero-order valence-corrected chi connectivity index (χ0v) is 14.4. The van der Waals surface area contributed by atoms with Crippen LogP contribution in [0.1, 0.15) is 36.5 Å². The number of piperidine rings is 1. The van der Waals surface area contributed by atoms with Gasteiger partial charge in [-0.2, -0.15) is 0 Å². The molecule has 116 valence electrons. The number of carbonyl (C=O) groups is 1. The van der Waals surface area contributed by atoms with Crippen LogP contribution in [0.3, 0.4) is 0 Å². The molecule has 0 aliphatic carbocycles. The summed E-state index contributed by atoms with van der Waals surface area (Å²) >= 11 is 7.63. The van der Waals surface area contributed by atoms with E-state index in [2.05, 4.69) is 18.8 Å². The fourth-order valence-corrected chi connectivity index (χ4v) is 3.83. The fraction of sp³-hybridized carbons (Fsp3) is 0.412. The van der Waals surface area contributed by atoms with Crippen molar-refractivity contribution in [2.45, 2.75) is 26.7 Å². The van der Waals surface area contributed by atoms with Crippen LogP contribution in [0, 0.1) is 5.41 Å². The summed E-state index contributed by atoms with van der Waals surface area (Å²) < 4.78 is 0. The van der Waals surface area contributed by atoms with Crippen molar-refractivity contribution >= 4 is 28.8 Å². The Kier molecular flexibility index (Phi) is 4.24. The normalized spacial score (nSPS) is 17.5. The lowest BCUT2D eigenvalue weighted by Crippen LogP contribution is -2.41. The van der Waals surface area contributed by atoms with Crippen molar-refractivity contribution in [3.63, 3.8) is 0 Å². The molecule has 1 amide bonds. The van der Waals surface area contributed by atoms with Gasteiger partial charge in [-0.1, -0.05) is 43.6 Å². The third-order valence-corrected chi connectivity index (χ3v) is 5.58. The van der Waals surface area contributed by atoms with E-state index in [1.807, 2.05) is 29.2 Å². The molecule has 0 bridgehead atoms. The minimum atomic E-state index is 0.0406. The van der Waals surface area contributed by atoms with Gasteiger partial charge in [0.25, 0.3) is 5.91 Å². The summed E-state index contributed by atoms with van der Waals surface area (Å²) in [5.41, 5.74) is 1.27. The molecule has 2 aromatic rings. The molecule has 0 atom stereocenters. The molecule has 22 heavy (non-hydrogen) atoms. The van der Waals surface area contributed by atoms with Crippen LogP contribution in [-0.2, 0) is 0 Å². The zero-order valence-electron chi connectivity index (χ0n) is 12.8.